The maximum Gasteiger partial charge on any atom is 0.274 e. The zero-order chi connectivity index (χ0) is 24.8. The summed E-state index contributed by atoms with van der Waals surface area (Å²) in [4.78, 5) is 15.7. The van der Waals surface area contributed by atoms with Crippen LogP contribution in [0.1, 0.15) is 41.9 Å². The minimum absolute atomic E-state index is 0.302. The van der Waals surface area contributed by atoms with E-state index >= 15 is 0 Å². The average molecular weight is 492 g/mol. The fourth-order valence-corrected chi connectivity index (χ4v) is 5.11. The van der Waals surface area contributed by atoms with Crippen molar-refractivity contribution in [2.24, 2.45) is 7.05 Å². The molecule has 3 aromatic heterocycles. The number of carbonyl (C=O) groups excluding carboxylic acids is 1. The molecule has 4 aromatic rings. The van der Waals surface area contributed by atoms with Crippen LogP contribution in [0.15, 0.2) is 36.5 Å². The number of piperidine rings is 1. The number of anilines is 2. The van der Waals surface area contributed by atoms with Crippen LogP contribution in [0.2, 0.25) is 0 Å². The van der Waals surface area contributed by atoms with E-state index in [1.807, 2.05) is 25.4 Å². The fraction of sp³-hybridized carbons (Fsp3) is 0.423. The van der Waals surface area contributed by atoms with E-state index in [0.717, 1.165) is 48.0 Å². The molecule has 6 rings (SSSR count). The molecule has 1 saturated carbocycles. The van der Waals surface area contributed by atoms with Crippen molar-refractivity contribution in [3.05, 3.63) is 47.9 Å². The summed E-state index contributed by atoms with van der Waals surface area (Å²) in [6.07, 6.45) is 6.57. The summed E-state index contributed by atoms with van der Waals surface area (Å²) in [6.45, 7) is 1.12. The lowest BCUT2D eigenvalue weighted by atomic mass is 10.0. The van der Waals surface area contributed by atoms with Crippen molar-refractivity contribution in [2.75, 3.05) is 30.4 Å². The van der Waals surface area contributed by atoms with Gasteiger partial charge in [0, 0.05) is 49.9 Å². The summed E-state index contributed by atoms with van der Waals surface area (Å²) < 4.78 is 22.4. The summed E-state index contributed by atoms with van der Waals surface area (Å²) in [5.41, 5.74) is 3.64. The van der Waals surface area contributed by atoms with Crippen molar-refractivity contribution in [2.45, 2.75) is 44.4 Å². The van der Waals surface area contributed by atoms with Crippen molar-refractivity contribution < 1.29 is 13.9 Å². The van der Waals surface area contributed by atoms with Crippen molar-refractivity contribution in [3.8, 4) is 5.75 Å². The number of benzene rings is 1. The highest BCUT2D eigenvalue weighted by atomic mass is 19.1. The van der Waals surface area contributed by atoms with Gasteiger partial charge in [-0.1, -0.05) is 0 Å². The van der Waals surface area contributed by atoms with Crippen LogP contribution in [-0.4, -0.2) is 57.6 Å². The number of methoxy groups -OCH3 is 1. The summed E-state index contributed by atoms with van der Waals surface area (Å²) in [7, 11) is 3.40. The first kappa shape index (κ1) is 22.8. The quantitative estimate of drug-likeness (QED) is 0.410. The molecule has 0 bridgehead atoms. The Morgan fingerprint density at radius 3 is 2.61 bits per heavy atom. The van der Waals surface area contributed by atoms with E-state index in [1.54, 1.807) is 34.5 Å². The van der Waals surface area contributed by atoms with Gasteiger partial charge in [-0.3, -0.25) is 9.48 Å². The smallest absolute Gasteiger partial charge is 0.274 e. The van der Waals surface area contributed by atoms with E-state index in [1.165, 1.54) is 12.8 Å². The number of nitrogens with zero attached hydrogens (tertiary/aromatic N) is 5. The van der Waals surface area contributed by atoms with Gasteiger partial charge in [0.15, 0.2) is 0 Å². The van der Waals surface area contributed by atoms with Gasteiger partial charge in [0.1, 0.15) is 18.1 Å². The van der Waals surface area contributed by atoms with Gasteiger partial charge in [-0.25, -0.2) is 8.91 Å². The zero-order valence-corrected chi connectivity index (χ0v) is 20.5. The number of amides is 1. The molecule has 2 aliphatic rings. The molecular weight excluding hydrogens is 461 g/mol. The number of pyridine rings is 1. The first-order chi connectivity index (χ1) is 17.5. The summed E-state index contributed by atoms with van der Waals surface area (Å²) in [5, 5.41) is 16.4. The first-order valence-corrected chi connectivity index (χ1v) is 12.4. The molecule has 36 heavy (non-hydrogen) atoms. The van der Waals surface area contributed by atoms with Crippen molar-refractivity contribution >= 4 is 33.7 Å². The maximum atomic E-state index is 13.6. The van der Waals surface area contributed by atoms with Crippen LogP contribution in [-0.2, 0) is 13.7 Å². The van der Waals surface area contributed by atoms with Crippen molar-refractivity contribution in [1.82, 2.24) is 24.7 Å². The predicted octanol–water partition coefficient (Wildman–Crippen LogP) is 3.67. The van der Waals surface area contributed by atoms with E-state index in [2.05, 4.69) is 25.7 Å². The highest BCUT2D eigenvalue weighted by Crippen LogP contribution is 2.32. The molecule has 0 spiro atoms. The number of aromatic nitrogens is 4. The molecule has 1 saturated heterocycles. The van der Waals surface area contributed by atoms with Gasteiger partial charge in [0.2, 0.25) is 0 Å². The number of ether oxygens (including phenoxy) is 1. The molecule has 0 unspecified atom stereocenters. The SMILES string of the molecule is COc1cc2nn(C)cc2cc1NC(=O)c1ccc(N2CCC(NC3CC3)CC2)c2cc(CF)nn12. The molecule has 1 amide bonds. The third kappa shape index (κ3) is 4.26. The Hall–Kier alpha value is -3.66. The van der Waals surface area contributed by atoms with Crippen LogP contribution < -0.4 is 20.3 Å². The largest absolute Gasteiger partial charge is 0.494 e. The molecular formula is C26H30FN7O2. The van der Waals surface area contributed by atoms with Crippen molar-refractivity contribution in [3.63, 3.8) is 0 Å². The monoisotopic (exact) mass is 491 g/mol. The van der Waals surface area contributed by atoms with Gasteiger partial charge in [0.05, 0.1) is 35.2 Å². The number of fused-ring (bicyclic) bond motifs is 2. The Kier molecular flexibility index (Phi) is 5.75. The van der Waals surface area contributed by atoms with E-state index in [9.17, 15) is 9.18 Å². The van der Waals surface area contributed by atoms with E-state index < -0.39 is 6.67 Å². The molecule has 1 aliphatic heterocycles. The Morgan fingerprint density at radius 1 is 1.11 bits per heavy atom. The number of carbonyl (C=O) groups is 1. The van der Waals surface area contributed by atoms with Gasteiger partial charge in [-0.05, 0) is 49.9 Å². The standard InChI is InChI=1S/C26H30FN7O2/c1-32-15-16-11-21(25(36-2)13-20(16)31-32)29-26(35)23-6-5-22(24-12-19(14-27)30-34(23)24)33-9-7-18(8-10-33)28-17-3-4-17/h5-6,11-13,15,17-18,28H,3-4,7-10,14H2,1-2H3,(H,29,35). The van der Waals surface area contributed by atoms with Gasteiger partial charge < -0.3 is 20.3 Å². The van der Waals surface area contributed by atoms with Gasteiger partial charge >= 0.3 is 0 Å². The van der Waals surface area contributed by atoms with Gasteiger partial charge in [-0.15, -0.1) is 0 Å². The van der Waals surface area contributed by atoms with E-state index in [0.29, 0.717) is 34.9 Å². The minimum Gasteiger partial charge on any atom is -0.494 e. The Morgan fingerprint density at radius 2 is 1.89 bits per heavy atom. The van der Waals surface area contributed by atoms with Crippen LogP contribution in [0.25, 0.3) is 16.4 Å². The normalized spacial score (nSPS) is 16.7. The first-order valence-electron chi connectivity index (χ1n) is 12.4. The van der Waals surface area contributed by atoms with Gasteiger partial charge in [-0.2, -0.15) is 10.2 Å². The Bertz CT molecular complexity index is 1430. The van der Waals surface area contributed by atoms with Crippen LogP contribution in [0.5, 0.6) is 5.75 Å². The lowest BCUT2D eigenvalue weighted by Crippen LogP contribution is -2.43. The molecule has 1 aromatic carbocycles. The Labute approximate surface area is 208 Å². The lowest BCUT2D eigenvalue weighted by molar-refractivity contribution is 0.101. The van der Waals surface area contributed by atoms with Crippen LogP contribution >= 0.6 is 0 Å². The molecule has 9 nitrogen and oxygen atoms in total. The average Bonchev–Trinajstić information content (AvgIpc) is 3.46. The van der Waals surface area contributed by atoms with Crippen molar-refractivity contribution in [1.29, 1.82) is 0 Å². The molecule has 4 heterocycles. The van der Waals surface area contributed by atoms with Crippen LogP contribution in [0, 0.1) is 0 Å². The van der Waals surface area contributed by atoms with E-state index in [4.69, 9.17) is 4.74 Å². The summed E-state index contributed by atoms with van der Waals surface area (Å²) in [5.74, 6) is 0.156. The topological polar surface area (TPSA) is 88.7 Å². The number of aryl methyl sites for hydroxylation is 1. The van der Waals surface area contributed by atoms with E-state index in [-0.39, 0.29) is 5.91 Å². The number of nitrogens with one attached hydrogen (secondary N) is 2. The molecule has 188 valence electrons. The molecule has 2 fully saturated rings. The van der Waals surface area contributed by atoms with Crippen LogP contribution in [0.3, 0.4) is 0 Å². The summed E-state index contributed by atoms with van der Waals surface area (Å²) >= 11 is 0. The third-order valence-corrected chi connectivity index (χ3v) is 7.09. The molecule has 10 heteroatoms. The number of alkyl halides is 1. The number of hydrogen-bond acceptors (Lipinski definition) is 6. The zero-order valence-electron chi connectivity index (χ0n) is 20.5. The van der Waals surface area contributed by atoms with Gasteiger partial charge in [0.25, 0.3) is 5.91 Å². The highest BCUT2D eigenvalue weighted by Gasteiger charge is 2.28. The number of halogens is 1. The second-order valence-corrected chi connectivity index (χ2v) is 9.74. The maximum absolute atomic E-state index is 13.6. The second kappa shape index (κ2) is 9.09. The lowest BCUT2D eigenvalue weighted by Gasteiger charge is -2.34. The molecule has 0 atom stereocenters. The molecule has 0 radical (unpaired) electrons. The Balaban J connectivity index is 1.29. The molecule has 2 N–H and O–H groups in total. The number of rotatable bonds is 7. The van der Waals surface area contributed by atoms with Crippen LogP contribution in [0.4, 0.5) is 15.8 Å². The fourth-order valence-electron chi connectivity index (χ4n) is 5.11. The summed E-state index contributed by atoms with van der Waals surface area (Å²) in [6, 6.07) is 10.3. The third-order valence-electron chi connectivity index (χ3n) is 7.09. The second-order valence-electron chi connectivity index (χ2n) is 9.74. The minimum atomic E-state index is -0.693. The number of hydrogen-bond donors (Lipinski definition) is 2. The predicted molar refractivity (Wildman–Crippen MR) is 137 cm³/mol. The highest BCUT2D eigenvalue weighted by molar-refractivity contribution is 6.06. The molecule has 1 aliphatic carbocycles.